The van der Waals surface area contributed by atoms with Crippen molar-refractivity contribution in [1.82, 2.24) is 24.9 Å². The van der Waals surface area contributed by atoms with E-state index in [-0.39, 0.29) is 25.0 Å². The summed E-state index contributed by atoms with van der Waals surface area (Å²) in [4.78, 5) is 33.1. The number of carbonyl (C=O) groups is 2. The molecule has 3 aromatic rings. The van der Waals surface area contributed by atoms with Crippen LogP contribution in [0.25, 0.3) is 5.78 Å². The van der Waals surface area contributed by atoms with Gasteiger partial charge in [-0.15, -0.1) is 0 Å². The topological polar surface area (TPSA) is 98.5 Å². The Morgan fingerprint density at radius 3 is 2.77 bits per heavy atom. The van der Waals surface area contributed by atoms with Crippen molar-refractivity contribution in [1.29, 1.82) is 0 Å². The third-order valence-corrected chi connectivity index (χ3v) is 5.92. The van der Waals surface area contributed by atoms with Crippen molar-refractivity contribution in [2.45, 2.75) is 58.9 Å². The monoisotopic (exact) mass is 421 g/mol. The Labute approximate surface area is 181 Å². The van der Waals surface area contributed by atoms with Gasteiger partial charge in [-0.3, -0.25) is 9.59 Å². The van der Waals surface area contributed by atoms with Crippen molar-refractivity contribution in [2.24, 2.45) is 0 Å². The molecule has 2 heterocycles. The lowest BCUT2D eigenvalue weighted by molar-refractivity contribution is -0.148. The van der Waals surface area contributed by atoms with Gasteiger partial charge in [-0.25, -0.2) is 9.50 Å². The quantitative estimate of drug-likeness (QED) is 0.614. The van der Waals surface area contributed by atoms with E-state index in [1.54, 1.807) is 4.52 Å². The second-order valence-corrected chi connectivity index (χ2v) is 8.09. The first kappa shape index (κ1) is 21.0. The molecule has 2 aromatic heterocycles. The molecule has 1 atom stereocenters. The van der Waals surface area contributed by atoms with Crippen LogP contribution in [-0.4, -0.2) is 38.1 Å². The van der Waals surface area contributed by atoms with Crippen molar-refractivity contribution in [3.8, 4) is 0 Å². The van der Waals surface area contributed by atoms with E-state index in [2.05, 4.69) is 38.6 Å². The molecule has 31 heavy (non-hydrogen) atoms. The van der Waals surface area contributed by atoms with E-state index in [0.717, 1.165) is 29.7 Å². The predicted octanol–water partition coefficient (Wildman–Crippen LogP) is 2.58. The second-order valence-electron chi connectivity index (χ2n) is 8.09. The van der Waals surface area contributed by atoms with Gasteiger partial charge in [0.05, 0.1) is 12.5 Å². The number of hydrogen-bond donors (Lipinski definition) is 1. The molecule has 8 nitrogen and oxygen atoms in total. The molecule has 0 fully saturated rings. The summed E-state index contributed by atoms with van der Waals surface area (Å²) in [5.41, 5.74) is 6.05. The van der Waals surface area contributed by atoms with E-state index in [4.69, 9.17) is 4.74 Å². The van der Waals surface area contributed by atoms with Crippen LogP contribution in [0.2, 0.25) is 0 Å². The standard InChI is InChI=1S/C23H27N5O3/c1-14(18-9-8-17-6-4-5-7-19(17)10-18)26-21(29)12-31-22(30)11-20-15(2)27-23-24-13-25-28(23)16(20)3/h8-10,13-14H,4-7,11-12H2,1-3H3,(H,26,29)/t14-/m1/s1. The number of carbonyl (C=O) groups excluding carboxylic acids is 2. The molecule has 1 amide bonds. The van der Waals surface area contributed by atoms with Crippen LogP contribution in [0.3, 0.4) is 0 Å². The number of nitrogens with one attached hydrogen (secondary N) is 1. The number of fused-ring (bicyclic) bond motifs is 2. The highest BCUT2D eigenvalue weighted by atomic mass is 16.5. The van der Waals surface area contributed by atoms with Gasteiger partial charge in [0.1, 0.15) is 6.33 Å². The average Bonchev–Trinajstić information content (AvgIpc) is 3.23. The second kappa shape index (κ2) is 8.83. The van der Waals surface area contributed by atoms with Crippen LogP contribution in [0.15, 0.2) is 24.5 Å². The summed E-state index contributed by atoms with van der Waals surface area (Å²) >= 11 is 0. The molecule has 0 saturated carbocycles. The minimum absolute atomic E-state index is 0.0219. The summed E-state index contributed by atoms with van der Waals surface area (Å²) in [6, 6.07) is 6.27. The number of nitrogens with zero attached hydrogens (tertiary/aromatic N) is 4. The van der Waals surface area contributed by atoms with Crippen LogP contribution in [0.5, 0.6) is 0 Å². The summed E-state index contributed by atoms with van der Waals surface area (Å²) in [6.07, 6.45) is 6.12. The van der Waals surface area contributed by atoms with Gasteiger partial charge in [-0.2, -0.15) is 10.1 Å². The van der Waals surface area contributed by atoms with E-state index in [1.807, 2.05) is 20.8 Å². The number of amides is 1. The maximum atomic E-state index is 12.3. The molecule has 8 heteroatoms. The number of hydrogen-bond acceptors (Lipinski definition) is 6. The molecule has 1 aliphatic rings. The number of rotatable bonds is 6. The zero-order valence-corrected chi connectivity index (χ0v) is 18.1. The Balaban J connectivity index is 1.32. The molecule has 0 aliphatic heterocycles. The van der Waals surface area contributed by atoms with Crippen LogP contribution in [0.4, 0.5) is 0 Å². The number of aromatic nitrogens is 4. The maximum absolute atomic E-state index is 12.3. The van der Waals surface area contributed by atoms with Crippen molar-refractivity contribution >= 4 is 17.7 Å². The molecule has 0 spiro atoms. The summed E-state index contributed by atoms with van der Waals surface area (Å²) in [6.45, 7) is 5.30. The normalized spacial score (nSPS) is 14.2. The van der Waals surface area contributed by atoms with Crippen molar-refractivity contribution in [3.63, 3.8) is 0 Å². The van der Waals surface area contributed by atoms with E-state index >= 15 is 0 Å². The highest BCUT2D eigenvalue weighted by Crippen LogP contribution is 2.24. The average molecular weight is 422 g/mol. The summed E-state index contributed by atoms with van der Waals surface area (Å²) in [5, 5.41) is 7.03. The Kier molecular flexibility index (Phi) is 5.97. The van der Waals surface area contributed by atoms with Crippen LogP contribution in [0.1, 0.15) is 59.4 Å². The molecule has 0 unspecified atom stereocenters. The fraction of sp³-hybridized carbons (Fsp3) is 0.435. The Morgan fingerprint density at radius 1 is 1.19 bits per heavy atom. The molecule has 4 rings (SSSR count). The fourth-order valence-corrected chi connectivity index (χ4v) is 4.14. The first-order valence-corrected chi connectivity index (χ1v) is 10.6. The minimum Gasteiger partial charge on any atom is -0.455 e. The third kappa shape index (κ3) is 4.57. The molecule has 162 valence electrons. The van der Waals surface area contributed by atoms with E-state index in [9.17, 15) is 9.59 Å². The lowest BCUT2D eigenvalue weighted by Gasteiger charge is -2.20. The molecule has 1 N–H and O–H groups in total. The maximum Gasteiger partial charge on any atom is 0.310 e. The lowest BCUT2D eigenvalue weighted by atomic mass is 9.89. The molecule has 0 bridgehead atoms. The van der Waals surface area contributed by atoms with Crippen molar-refractivity contribution < 1.29 is 14.3 Å². The van der Waals surface area contributed by atoms with Gasteiger partial charge < -0.3 is 10.1 Å². The van der Waals surface area contributed by atoms with Crippen LogP contribution >= 0.6 is 0 Å². The van der Waals surface area contributed by atoms with Crippen molar-refractivity contribution in [3.05, 3.63) is 58.2 Å². The zero-order valence-electron chi connectivity index (χ0n) is 18.1. The molecular formula is C23H27N5O3. The Morgan fingerprint density at radius 2 is 1.97 bits per heavy atom. The zero-order chi connectivity index (χ0) is 22.0. The smallest absolute Gasteiger partial charge is 0.310 e. The minimum atomic E-state index is -0.482. The lowest BCUT2D eigenvalue weighted by Crippen LogP contribution is -2.31. The first-order valence-electron chi connectivity index (χ1n) is 10.6. The van der Waals surface area contributed by atoms with Crippen LogP contribution in [-0.2, 0) is 33.6 Å². The van der Waals surface area contributed by atoms with Gasteiger partial charge in [-0.1, -0.05) is 18.2 Å². The van der Waals surface area contributed by atoms with Gasteiger partial charge in [0.2, 0.25) is 0 Å². The SMILES string of the molecule is Cc1nc2ncnn2c(C)c1CC(=O)OCC(=O)N[C@H](C)c1ccc2c(c1)CCCC2. The largest absolute Gasteiger partial charge is 0.455 e. The molecule has 0 saturated heterocycles. The van der Waals surface area contributed by atoms with Crippen molar-refractivity contribution in [2.75, 3.05) is 6.61 Å². The van der Waals surface area contributed by atoms with Gasteiger partial charge >= 0.3 is 5.97 Å². The van der Waals surface area contributed by atoms with Gasteiger partial charge in [0.25, 0.3) is 11.7 Å². The van der Waals surface area contributed by atoms with Crippen LogP contribution in [0, 0.1) is 13.8 Å². The summed E-state index contributed by atoms with van der Waals surface area (Å²) in [7, 11) is 0. The van der Waals surface area contributed by atoms with Gasteiger partial charge in [0, 0.05) is 17.0 Å². The summed E-state index contributed by atoms with van der Waals surface area (Å²) < 4.78 is 6.80. The van der Waals surface area contributed by atoms with E-state index in [1.165, 1.54) is 30.3 Å². The Bertz CT molecular complexity index is 1140. The highest BCUT2D eigenvalue weighted by Gasteiger charge is 2.18. The number of ether oxygens (including phenoxy) is 1. The van der Waals surface area contributed by atoms with Gasteiger partial charge in [-0.05, 0) is 63.1 Å². The number of esters is 1. The molecule has 1 aromatic carbocycles. The fourth-order valence-electron chi connectivity index (χ4n) is 4.14. The van der Waals surface area contributed by atoms with Gasteiger partial charge in [0.15, 0.2) is 6.61 Å². The molecular weight excluding hydrogens is 394 g/mol. The van der Waals surface area contributed by atoms with E-state index in [0.29, 0.717) is 11.5 Å². The third-order valence-electron chi connectivity index (χ3n) is 5.92. The number of benzene rings is 1. The Hall–Kier alpha value is -3.29. The predicted molar refractivity (Wildman–Crippen MR) is 115 cm³/mol. The first-order chi connectivity index (χ1) is 14.9. The van der Waals surface area contributed by atoms with E-state index < -0.39 is 5.97 Å². The molecule has 1 aliphatic carbocycles. The number of aryl methyl sites for hydroxylation is 4. The molecule has 0 radical (unpaired) electrons. The highest BCUT2D eigenvalue weighted by molar-refractivity contribution is 5.81. The summed E-state index contributed by atoms with van der Waals surface area (Å²) in [5.74, 6) is -0.316. The van der Waals surface area contributed by atoms with Crippen LogP contribution < -0.4 is 5.32 Å².